The molecular weight excluding hydrogens is 276 g/mol. The molecule has 0 radical (unpaired) electrons. The monoisotopic (exact) mass is 304 g/mol. The van der Waals surface area contributed by atoms with Gasteiger partial charge in [-0.15, -0.1) is 0 Å². The fourth-order valence-corrected chi connectivity index (χ4v) is 3.21. The van der Waals surface area contributed by atoms with Gasteiger partial charge in [0, 0.05) is 17.8 Å². The normalized spacial score (nSPS) is 23.0. The van der Waals surface area contributed by atoms with Crippen molar-refractivity contribution < 1.29 is 9.53 Å². The van der Waals surface area contributed by atoms with Gasteiger partial charge < -0.3 is 15.0 Å². The summed E-state index contributed by atoms with van der Waals surface area (Å²) < 4.78 is 5.43. The minimum atomic E-state index is -0.221. The molecule has 0 spiro atoms. The number of carbonyl (C=O) groups excluding carboxylic acids is 1. The molecule has 0 aromatic heterocycles. The summed E-state index contributed by atoms with van der Waals surface area (Å²) in [6.07, 6.45) is 3.42. The third-order valence-electron chi connectivity index (χ3n) is 4.37. The van der Waals surface area contributed by atoms with Crippen LogP contribution < -0.4 is 10.1 Å². The number of amides is 1. The van der Waals surface area contributed by atoms with Gasteiger partial charge in [-0.25, -0.2) is 0 Å². The molecule has 1 heterocycles. The predicted octanol–water partition coefficient (Wildman–Crippen LogP) is 3.68. The van der Waals surface area contributed by atoms with Gasteiger partial charge in [0.15, 0.2) is 0 Å². The van der Waals surface area contributed by atoms with Gasteiger partial charge in [-0.1, -0.05) is 0 Å². The van der Waals surface area contributed by atoms with E-state index in [4.69, 9.17) is 4.74 Å². The van der Waals surface area contributed by atoms with Crippen LogP contribution in [0.3, 0.4) is 0 Å². The van der Waals surface area contributed by atoms with Crippen LogP contribution in [0, 0.1) is 0 Å². The second-order valence-corrected chi connectivity index (χ2v) is 6.20. The Labute approximate surface area is 133 Å². The molecular formula is C18H28N2O2. The maximum atomic E-state index is 12.7. The zero-order valence-electron chi connectivity index (χ0n) is 14.1. The summed E-state index contributed by atoms with van der Waals surface area (Å²) in [6.45, 7) is 8.86. The van der Waals surface area contributed by atoms with Crippen molar-refractivity contribution in [3.8, 4) is 5.75 Å². The number of benzene rings is 1. The Morgan fingerprint density at radius 1 is 1.27 bits per heavy atom. The average Bonchev–Trinajstić information content (AvgIpc) is 2.49. The van der Waals surface area contributed by atoms with Gasteiger partial charge in [0.25, 0.3) is 0 Å². The lowest BCUT2D eigenvalue weighted by Gasteiger charge is -2.40. The molecule has 3 atom stereocenters. The fourth-order valence-electron chi connectivity index (χ4n) is 3.21. The first kappa shape index (κ1) is 16.7. The van der Waals surface area contributed by atoms with E-state index in [0.29, 0.717) is 18.7 Å². The highest BCUT2D eigenvalue weighted by Gasteiger charge is 2.31. The van der Waals surface area contributed by atoms with Crippen molar-refractivity contribution in [3.05, 3.63) is 24.3 Å². The molecule has 0 aliphatic carbocycles. The molecule has 4 nitrogen and oxygen atoms in total. The smallest absolute Gasteiger partial charge is 0.245 e. The molecule has 1 aromatic rings. The van der Waals surface area contributed by atoms with Crippen LogP contribution >= 0.6 is 0 Å². The van der Waals surface area contributed by atoms with Crippen LogP contribution in [0.5, 0.6) is 5.75 Å². The summed E-state index contributed by atoms with van der Waals surface area (Å²) in [7, 11) is 0. The maximum absolute atomic E-state index is 12.7. The van der Waals surface area contributed by atoms with Crippen molar-refractivity contribution in [2.45, 2.75) is 65.1 Å². The van der Waals surface area contributed by atoms with Crippen LogP contribution in [-0.2, 0) is 4.79 Å². The molecule has 1 amide bonds. The molecule has 4 heteroatoms. The molecule has 2 rings (SSSR count). The van der Waals surface area contributed by atoms with Gasteiger partial charge in [-0.05, 0) is 71.2 Å². The third kappa shape index (κ3) is 3.93. The van der Waals surface area contributed by atoms with Gasteiger partial charge in [0.05, 0.1) is 6.61 Å². The van der Waals surface area contributed by atoms with Crippen LogP contribution in [0.25, 0.3) is 0 Å². The Kier molecular flexibility index (Phi) is 5.69. The van der Waals surface area contributed by atoms with Crippen molar-refractivity contribution in [3.63, 3.8) is 0 Å². The largest absolute Gasteiger partial charge is 0.494 e. The minimum absolute atomic E-state index is 0.189. The van der Waals surface area contributed by atoms with E-state index in [1.54, 1.807) is 0 Å². The lowest BCUT2D eigenvalue weighted by Crippen LogP contribution is -2.52. The Balaban J connectivity index is 1.98. The number of hydrogen-bond acceptors (Lipinski definition) is 3. The van der Waals surface area contributed by atoms with E-state index in [0.717, 1.165) is 24.3 Å². The summed E-state index contributed by atoms with van der Waals surface area (Å²) in [4.78, 5) is 14.8. The molecule has 1 fully saturated rings. The summed E-state index contributed by atoms with van der Waals surface area (Å²) in [5.74, 6) is 1.04. The maximum Gasteiger partial charge on any atom is 0.245 e. The zero-order chi connectivity index (χ0) is 16.1. The predicted molar refractivity (Wildman–Crippen MR) is 90.3 cm³/mol. The lowest BCUT2D eigenvalue weighted by molar-refractivity contribution is -0.137. The Bertz CT molecular complexity index is 476. The van der Waals surface area contributed by atoms with Crippen molar-refractivity contribution in [2.24, 2.45) is 0 Å². The minimum Gasteiger partial charge on any atom is -0.494 e. The molecule has 122 valence electrons. The number of likely N-dealkylation sites (tertiary alicyclic amines) is 1. The zero-order valence-corrected chi connectivity index (χ0v) is 14.1. The Morgan fingerprint density at radius 2 is 1.86 bits per heavy atom. The first-order chi connectivity index (χ1) is 10.5. The van der Waals surface area contributed by atoms with E-state index < -0.39 is 0 Å². The van der Waals surface area contributed by atoms with Crippen LogP contribution in [-0.4, -0.2) is 35.5 Å². The first-order valence-corrected chi connectivity index (χ1v) is 8.34. The molecule has 1 aliphatic rings. The Morgan fingerprint density at radius 3 is 2.41 bits per heavy atom. The van der Waals surface area contributed by atoms with Crippen molar-refractivity contribution in [1.82, 2.24) is 4.90 Å². The number of rotatable bonds is 5. The molecule has 0 unspecified atom stereocenters. The molecule has 1 aromatic carbocycles. The quantitative estimate of drug-likeness (QED) is 0.902. The van der Waals surface area contributed by atoms with E-state index in [-0.39, 0.29) is 11.9 Å². The Hall–Kier alpha value is -1.71. The number of ether oxygens (including phenoxy) is 1. The molecule has 0 saturated carbocycles. The molecule has 1 aliphatic heterocycles. The third-order valence-corrected chi connectivity index (χ3v) is 4.37. The molecule has 22 heavy (non-hydrogen) atoms. The lowest BCUT2D eigenvalue weighted by atomic mass is 9.96. The van der Waals surface area contributed by atoms with Gasteiger partial charge >= 0.3 is 0 Å². The van der Waals surface area contributed by atoms with E-state index in [1.165, 1.54) is 6.42 Å². The van der Waals surface area contributed by atoms with E-state index in [9.17, 15) is 4.79 Å². The number of nitrogens with one attached hydrogen (secondary N) is 1. The molecule has 1 saturated heterocycles. The van der Waals surface area contributed by atoms with Crippen molar-refractivity contribution >= 4 is 11.6 Å². The highest BCUT2D eigenvalue weighted by Crippen LogP contribution is 2.24. The van der Waals surface area contributed by atoms with Gasteiger partial charge in [-0.3, -0.25) is 4.79 Å². The van der Waals surface area contributed by atoms with E-state index in [1.807, 2.05) is 38.1 Å². The van der Waals surface area contributed by atoms with Gasteiger partial charge in [0.1, 0.15) is 11.8 Å². The SMILES string of the molecule is CCOc1ccc(N[C@@H](C)C(=O)N2[C@H](C)CCC[C@@H]2C)cc1. The number of hydrogen-bond donors (Lipinski definition) is 1. The summed E-state index contributed by atoms with van der Waals surface area (Å²) in [5, 5.41) is 3.30. The highest BCUT2D eigenvalue weighted by molar-refractivity contribution is 5.85. The van der Waals surface area contributed by atoms with Crippen LogP contribution in [0.4, 0.5) is 5.69 Å². The van der Waals surface area contributed by atoms with Crippen LogP contribution in [0.2, 0.25) is 0 Å². The summed E-state index contributed by atoms with van der Waals surface area (Å²) in [6, 6.07) is 8.21. The number of anilines is 1. The van der Waals surface area contributed by atoms with Crippen LogP contribution in [0.1, 0.15) is 47.0 Å². The van der Waals surface area contributed by atoms with Gasteiger partial charge in [-0.2, -0.15) is 0 Å². The standard InChI is InChI=1S/C18H28N2O2/c1-5-22-17-11-9-16(10-12-17)19-15(4)18(21)20-13(2)7-6-8-14(20)3/h9-15,19H,5-8H2,1-4H3/t13-,14+,15-/m0/s1. The topological polar surface area (TPSA) is 41.6 Å². The average molecular weight is 304 g/mol. The van der Waals surface area contributed by atoms with Crippen molar-refractivity contribution in [1.29, 1.82) is 0 Å². The van der Waals surface area contributed by atoms with Crippen molar-refractivity contribution in [2.75, 3.05) is 11.9 Å². The number of nitrogens with zero attached hydrogens (tertiary/aromatic N) is 1. The van der Waals surface area contributed by atoms with Gasteiger partial charge in [0.2, 0.25) is 5.91 Å². The molecule has 0 bridgehead atoms. The number of carbonyl (C=O) groups is 1. The van der Waals surface area contributed by atoms with E-state index in [2.05, 4.69) is 24.1 Å². The highest BCUT2D eigenvalue weighted by atomic mass is 16.5. The first-order valence-electron chi connectivity index (χ1n) is 8.34. The summed E-state index contributed by atoms with van der Waals surface area (Å²) >= 11 is 0. The second-order valence-electron chi connectivity index (χ2n) is 6.20. The second kappa shape index (κ2) is 7.52. The van der Waals surface area contributed by atoms with E-state index >= 15 is 0 Å². The molecule has 1 N–H and O–H groups in total. The summed E-state index contributed by atoms with van der Waals surface area (Å²) in [5.41, 5.74) is 0.946. The fraction of sp³-hybridized carbons (Fsp3) is 0.611. The number of piperidine rings is 1. The van der Waals surface area contributed by atoms with Crippen LogP contribution in [0.15, 0.2) is 24.3 Å².